The summed E-state index contributed by atoms with van der Waals surface area (Å²) >= 11 is 2.20. The molecule has 2 aromatic carbocycles. The van der Waals surface area contributed by atoms with E-state index in [9.17, 15) is 13.2 Å². The van der Waals surface area contributed by atoms with Gasteiger partial charge in [-0.05, 0) is 71.5 Å². The Morgan fingerprint density at radius 1 is 1.16 bits per heavy atom. The fourth-order valence-electron chi connectivity index (χ4n) is 2.20. The van der Waals surface area contributed by atoms with Crippen molar-refractivity contribution >= 4 is 38.3 Å². The maximum Gasteiger partial charge on any atom is 0.253 e. The standard InChI is InChI=1S/C18H20INO4S/c1-20(18(21)14-7-9-15(19)10-8-14)11-4-12-24-16-5-3-6-17(13-16)25(2,22)23/h3,5-10,13H,4,11-12H2,1-2H3. The maximum atomic E-state index is 12.3. The van der Waals surface area contributed by atoms with Crippen LogP contribution in [0, 0.1) is 3.57 Å². The van der Waals surface area contributed by atoms with Gasteiger partial charge in [-0.25, -0.2) is 8.42 Å². The van der Waals surface area contributed by atoms with Gasteiger partial charge in [-0.3, -0.25) is 4.79 Å². The predicted molar refractivity (Wildman–Crippen MR) is 106 cm³/mol. The van der Waals surface area contributed by atoms with Crippen molar-refractivity contribution in [2.24, 2.45) is 0 Å². The second-order valence-electron chi connectivity index (χ2n) is 5.68. The van der Waals surface area contributed by atoms with Crippen LogP contribution < -0.4 is 4.74 Å². The first kappa shape index (κ1) is 19.7. The van der Waals surface area contributed by atoms with E-state index in [1.165, 1.54) is 12.1 Å². The number of hydrogen-bond acceptors (Lipinski definition) is 4. The summed E-state index contributed by atoms with van der Waals surface area (Å²) < 4.78 is 29.7. The molecular weight excluding hydrogens is 453 g/mol. The Kier molecular flexibility index (Phi) is 6.83. The molecule has 7 heteroatoms. The number of nitrogens with zero attached hydrogens (tertiary/aromatic N) is 1. The zero-order valence-corrected chi connectivity index (χ0v) is 17.1. The molecule has 134 valence electrons. The molecule has 0 aliphatic rings. The minimum Gasteiger partial charge on any atom is -0.493 e. The van der Waals surface area contributed by atoms with Crippen LogP contribution >= 0.6 is 22.6 Å². The lowest BCUT2D eigenvalue weighted by atomic mass is 10.2. The van der Waals surface area contributed by atoms with Crippen LogP contribution in [0.2, 0.25) is 0 Å². The zero-order chi connectivity index (χ0) is 18.4. The third-order valence-corrected chi connectivity index (χ3v) is 5.41. The lowest BCUT2D eigenvalue weighted by Crippen LogP contribution is -2.28. The number of hydrogen-bond donors (Lipinski definition) is 0. The first-order valence-electron chi connectivity index (χ1n) is 7.71. The molecule has 5 nitrogen and oxygen atoms in total. The van der Waals surface area contributed by atoms with Gasteiger partial charge < -0.3 is 9.64 Å². The van der Waals surface area contributed by atoms with E-state index in [0.717, 1.165) is 9.83 Å². The summed E-state index contributed by atoms with van der Waals surface area (Å²) in [6, 6.07) is 13.8. The Morgan fingerprint density at radius 2 is 1.84 bits per heavy atom. The van der Waals surface area contributed by atoms with E-state index >= 15 is 0 Å². The lowest BCUT2D eigenvalue weighted by molar-refractivity contribution is 0.0788. The lowest BCUT2D eigenvalue weighted by Gasteiger charge is -2.17. The molecule has 0 heterocycles. The normalized spacial score (nSPS) is 11.2. The van der Waals surface area contributed by atoms with Crippen LogP contribution in [0.4, 0.5) is 0 Å². The Morgan fingerprint density at radius 3 is 2.48 bits per heavy atom. The molecule has 0 spiro atoms. The summed E-state index contributed by atoms with van der Waals surface area (Å²) in [5, 5.41) is 0. The van der Waals surface area contributed by atoms with Crippen molar-refractivity contribution in [2.45, 2.75) is 11.3 Å². The molecule has 0 fully saturated rings. The molecule has 0 saturated carbocycles. The molecule has 0 aliphatic heterocycles. The monoisotopic (exact) mass is 473 g/mol. The smallest absolute Gasteiger partial charge is 0.253 e. The van der Waals surface area contributed by atoms with Gasteiger partial charge in [0.15, 0.2) is 9.84 Å². The molecule has 0 N–H and O–H groups in total. The highest BCUT2D eigenvalue weighted by Gasteiger charge is 2.11. The molecule has 0 aromatic heterocycles. The van der Waals surface area contributed by atoms with E-state index in [4.69, 9.17) is 4.74 Å². The quantitative estimate of drug-likeness (QED) is 0.458. The Labute approximate surface area is 162 Å². The highest BCUT2D eigenvalue weighted by Crippen LogP contribution is 2.17. The van der Waals surface area contributed by atoms with Crippen LogP contribution in [0.5, 0.6) is 5.75 Å². The molecule has 0 radical (unpaired) electrons. The Balaban J connectivity index is 1.83. The van der Waals surface area contributed by atoms with Gasteiger partial charge in [0.05, 0.1) is 11.5 Å². The topological polar surface area (TPSA) is 63.7 Å². The minimum absolute atomic E-state index is 0.0320. The van der Waals surface area contributed by atoms with Crippen LogP contribution in [0.1, 0.15) is 16.8 Å². The fraction of sp³-hybridized carbons (Fsp3) is 0.278. The van der Waals surface area contributed by atoms with Crippen molar-refractivity contribution < 1.29 is 17.9 Å². The van der Waals surface area contributed by atoms with Gasteiger partial charge in [0.2, 0.25) is 0 Å². The molecule has 0 aliphatic carbocycles. The predicted octanol–water partition coefficient (Wildman–Crippen LogP) is 3.24. The molecule has 25 heavy (non-hydrogen) atoms. The highest BCUT2D eigenvalue weighted by molar-refractivity contribution is 14.1. The molecular formula is C18H20INO4S. The number of sulfone groups is 1. The Hall–Kier alpha value is -1.61. The molecule has 0 unspecified atom stereocenters. The summed E-state index contributed by atoms with van der Waals surface area (Å²) in [6.07, 6.45) is 1.81. The molecule has 2 rings (SSSR count). The average molecular weight is 473 g/mol. The van der Waals surface area contributed by atoms with Gasteiger partial charge in [0.25, 0.3) is 5.91 Å². The van der Waals surface area contributed by atoms with E-state index in [-0.39, 0.29) is 10.8 Å². The average Bonchev–Trinajstić information content (AvgIpc) is 2.58. The van der Waals surface area contributed by atoms with Crippen LogP contribution in [0.25, 0.3) is 0 Å². The van der Waals surface area contributed by atoms with Crippen molar-refractivity contribution in [3.8, 4) is 5.75 Å². The van der Waals surface area contributed by atoms with Gasteiger partial charge in [-0.15, -0.1) is 0 Å². The number of halogens is 1. The van der Waals surface area contributed by atoms with Crippen molar-refractivity contribution in [3.05, 3.63) is 57.7 Å². The van der Waals surface area contributed by atoms with Gasteiger partial charge in [0, 0.05) is 29.0 Å². The van der Waals surface area contributed by atoms with Crippen molar-refractivity contribution in [1.29, 1.82) is 0 Å². The van der Waals surface area contributed by atoms with E-state index in [1.54, 1.807) is 24.1 Å². The largest absolute Gasteiger partial charge is 0.493 e. The summed E-state index contributed by atoms with van der Waals surface area (Å²) in [5.74, 6) is 0.477. The SMILES string of the molecule is CN(CCCOc1cccc(S(C)(=O)=O)c1)C(=O)c1ccc(I)cc1. The van der Waals surface area contributed by atoms with Crippen molar-refractivity contribution in [2.75, 3.05) is 26.5 Å². The number of ether oxygens (including phenoxy) is 1. The number of carbonyl (C=O) groups excluding carboxylic acids is 1. The molecule has 2 aromatic rings. The van der Waals surface area contributed by atoms with Gasteiger partial charge in [-0.1, -0.05) is 6.07 Å². The Bertz CT molecular complexity index is 834. The first-order chi connectivity index (χ1) is 11.8. The second-order valence-corrected chi connectivity index (χ2v) is 8.94. The zero-order valence-electron chi connectivity index (χ0n) is 14.1. The maximum absolute atomic E-state index is 12.3. The van der Waals surface area contributed by atoms with Crippen LogP contribution in [0.3, 0.4) is 0 Å². The summed E-state index contributed by atoms with van der Waals surface area (Å²) in [6.45, 7) is 0.952. The van der Waals surface area contributed by atoms with Crippen LogP contribution in [-0.2, 0) is 9.84 Å². The molecule has 0 bridgehead atoms. The van der Waals surface area contributed by atoms with Crippen molar-refractivity contribution in [3.63, 3.8) is 0 Å². The third kappa shape index (κ3) is 6.00. The molecule has 1 amide bonds. The third-order valence-electron chi connectivity index (χ3n) is 3.58. The fourth-order valence-corrected chi connectivity index (χ4v) is 3.22. The van der Waals surface area contributed by atoms with E-state index in [1.807, 2.05) is 24.3 Å². The van der Waals surface area contributed by atoms with Crippen LogP contribution in [0.15, 0.2) is 53.4 Å². The number of carbonyl (C=O) groups is 1. The van der Waals surface area contributed by atoms with Gasteiger partial charge >= 0.3 is 0 Å². The number of rotatable bonds is 7. The first-order valence-corrected chi connectivity index (χ1v) is 10.7. The molecule has 0 saturated heterocycles. The minimum atomic E-state index is -3.25. The van der Waals surface area contributed by atoms with E-state index in [2.05, 4.69) is 22.6 Å². The number of benzene rings is 2. The van der Waals surface area contributed by atoms with E-state index < -0.39 is 9.84 Å². The molecule has 0 atom stereocenters. The summed E-state index contributed by atoms with van der Waals surface area (Å²) in [5.41, 5.74) is 0.657. The summed E-state index contributed by atoms with van der Waals surface area (Å²) in [4.78, 5) is 14.2. The van der Waals surface area contributed by atoms with Crippen molar-refractivity contribution in [1.82, 2.24) is 4.90 Å². The number of amides is 1. The van der Waals surface area contributed by atoms with Gasteiger partial charge in [0.1, 0.15) is 5.75 Å². The summed E-state index contributed by atoms with van der Waals surface area (Å²) in [7, 11) is -1.49. The van der Waals surface area contributed by atoms with Gasteiger partial charge in [-0.2, -0.15) is 0 Å². The van der Waals surface area contributed by atoms with E-state index in [0.29, 0.717) is 30.9 Å². The second kappa shape index (κ2) is 8.66. The highest BCUT2D eigenvalue weighted by atomic mass is 127. The van der Waals surface area contributed by atoms with Crippen LogP contribution in [-0.4, -0.2) is 45.7 Å².